The molecule has 1 fully saturated rings. The Morgan fingerprint density at radius 3 is 2.58 bits per heavy atom. The van der Waals surface area contributed by atoms with Crippen LogP contribution in [-0.4, -0.2) is 61.7 Å². The van der Waals surface area contributed by atoms with Gasteiger partial charge in [-0.1, -0.05) is 11.6 Å². The van der Waals surface area contributed by atoms with Gasteiger partial charge in [0.05, 0.1) is 49.6 Å². The predicted molar refractivity (Wildman–Crippen MR) is 172 cm³/mol. The van der Waals surface area contributed by atoms with Gasteiger partial charge in [-0.25, -0.2) is 13.8 Å². The molecule has 250 valence electrons. The molecule has 3 heterocycles. The summed E-state index contributed by atoms with van der Waals surface area (Å²) in [6, 6.07) is 6.59. The van der Waals surface area contributed by atoms with Crippen LogP contribution in [0.1, 0.15) is 53.0 Å². The summed E-state index contributed by atoms with van der Waals surface area (Å²) < 4.78 is 44.1. The summed E-state index contributed by atoms with van der Waals surface area (Å²) >= 11 is 6.03. The maximum Gasteiger partial charge on any atom is 0.251 e. The van der Waals surface area contributed by atoms with Gasteiger partial charge in [-0.15, -0.1) is 0 Å². The Balaban J connectivity index is 1.45. The Bertz CT molecular complexity index is 2060. The number of hydrogen-bond acceptors (Lipinski definition) is 8. The molecule has 0 saturated heterocycles. The molecule has 0 bridgehead atoms. The number of nitrogens with two attached hydrogens (primary N) is 1. The first-order valence-electron chi connectivity index (χ1n) is 15.1. The molecule has 1 aliphatic carbocycles. The highest BCUT2D eigenvalue weighted by molar-refractivity contribution is 6.31. The number of aliphatic hydroxyl groups is 1. The lowest BCUT2D eigenvalue weighted by Crippen LogP contribution is -2.42. The first-order valence-corrected chi connectivity index (χ1v) is 15.5. The van der Waals surface area contributed by atoms with Crippen LogP contribution in [0.3, 0.4) is 0 Å². The molecular weight excluding hydrogens is 648 g/mol. The van der Waals surface area contributed by atoms with Crippen LogP contribution in [0, 0.1) is 11.6 Å². The highest BCUT2D eigenvalue weighted by Crippen LogP contribution is 2.40. The molecule has 15 heteroatoms. The Morgan fingerprint density at radius 2 is 1.94 bits per heavy atom. The van der Waals surface area contributed by atoms with Gasteiger partial charge in [0, 0.05) is 53.1 Å². The summed E-state index contributed by atoms with van der Waals surface area (Å²) in [6.45, 7) is 1.32. The summed E-state index contributed by atoms with van der Waals surface area (Å²) in [5.74, 6) is -2.89. The molecule has 1 aliphatic rings. The maximum absolute atomic E-state index is 15.3. The fraction of sp³-hybridized carbons (Fsp3) is 0.303. The normalized spacial score (nSPS) is 14.1. The molecule has 48 heavy (non-hydrogen) atoms. The summed E-state index contributed by atoms with van der Waals surface area (Å²) in [5.41, 5.74) is 4.20. The third-order valence-electron chi connectivity index (χ3n) is 8.07. The van der Waals surface area contributed by atoms with Gasteiger partial charge in [0.15, 0.2) is 5.60 Å². The van der Waals surface area contributed by atoms with E-state index in [-0.39, 0.29) is 57.4 Å². The lowest BCUT2D eigenvalue weighted by molar-refractivity contribution is -0.117. The Labute approximate surface area is 278 Å². The van der Waals surface area contributed by atoms with E-state index in [0.29, 0.717) is 28.8 Å². The first kappa shape index (κ1) is 32.8. The number of ether oxygens (including phenoxy) is 2. The lowest BCUT2D eigenvalue weighted by Gasteiger charge is -2.29. The summed E-state index contributed by atoms with van der Waals surface area (Å²) in [5, 5.41) is 24.3. The minimum absolute atomic E-state index is 0.00802. The number of carbonyl (C=O) groups is 2. The number of aryl methyl sites for hydroxylation is 1. The minimum Gasteiger partial charge on any atom is -0.494 e. The SMILES string of the molecule is CCOc1c(CC(N)=O)cc([C@@](O)(CNC(=O)c2cc(OC)c3nn(C4CC4)cc3c2)c2cnn(C)c2)nc1-c1cc(Cl)c(F)cc1F. The maximum atomic E-state index is 15.3. The molecule has 0 unspecified atom stereocenters. The van der Waals surface area contributed by atoms with E-state index in [0.717, 1.165) is 18.9 Å². The highest BCUT2D eigenvalue weighted by atomic mass is 35.5. The van der Waals surface area contributed by atoms with Crippen LogP contribution in [0.25, 0.3) is 22.2 Å². The standard InChI is InChI=1S/C33H32ClF2N7O5/c1-4-48-31-17(10-28(37)44)9-27(40-30(31)22-11-23(34)25(36)12-24(22)35)33(46,20-13-39-42(2)15-20)16-38-32(45)18-7-19-14-43(21-5-6-21)41-29(19)26(8-18)47-3/h7-9,11-15,21,46H,4-6,10,16H2,1-3H3,(H2,37,44)(H,38,45)/t33-/m1/s1. The zero-order valence-corrected chi connectivity index (χ0v) is 27.0. The van der Waals surface area contributed by atoms with E-state index in [1.807, 2.05) is 10.9 Å². The predicted octanol–water partition coefficient (Wildman–Crippen LogP) is 4.20. The van der Waals surface area contributed by atoms with Crippen LogP contribution in [0.5, 0.6) is 11.5 Å². The molecule has 1 atom stereocenters. The van der Waals surface area contributed by atoms with Gasteiger partial charge >= 0.3 is 0 Å². The van der Waals surface area contributed by atoms with E-state index in [2.05, 4.69) is 20.5 Å². The van der Waals surface area contributed by atoms with Gasteiger partial charge in [-0.3, -0.25) is 19.0 Å². The summed E-state index contributed by atoms with van der Waals surface area (Å²) in [6.07, 6.45) is 6.45. The van der Waals surface area contributed by atoms with Gasteiger partial charge in [-0.2, -0.15) is 10.2 Å². The van der Waals surface area contributed by atoms with Gasteiger partial charge in [-0.05, 0) is 44.0 Å². The zero-order chi connectivity index (χ0) is 34.3. The van der Waals surface area contributed by atoms with Crippen LogP contribution in [0.4, 0.5) is 8.78 Å². The number of benzene rings is 2. The van der Waals surface area contributed by atoms with E-state index in [9.17, 15) is 19.1 Å². The number of nitrogens with one attached hydrogen (secondary N) is 1. The zero-order valence-electron chi connectivity index (χ0n) is 26.3. The molecule has 4 N–H and O–H groups in total. The average Bonchev–Trinajstić information content (AvgIpc) is 3.66. The van der Waals surface area contributed by atoms with E-state index in [4.69, 9.17) is 26.8 Å². The molecule has 0 aliphatic heterocycles. The number of hydrogen-bond donors (Lipinski definition) is 3. The van der Waals surface area contributed by atoms with Crippen LogP contribution in [0.2, 0.25) is 5.02 Å². The number of fused-ring (bicyclic) bond motifs is 1. The van der Waals surface area contributed by atoms with Crippen molar-refractivity contribution >= 4 is 34.3 Å². The second kappa shape index (κ2) is 12.8. The van der Waals surface area contributed by atoms with E-state index < -0.39 is 35.6 Å². The van der Waals surface area contributed by atoms with Crippen molar-refractivity contribution in [3.05, 3.63) is 88.0 Å². The number of carbonyl (C=O) groups excluding carboxylic acids is 2. The van der Waals surface area contributed by atoms with Crippen molar-refractivity contribution < 1.29 is 33.0 Å². The van der Waals surface area contributed by atoms with Gasteiger partial charge in [0.1, 0.15) is 34.3 Å². The smallest absolute Gasteiger partial charge is 0.251 e. The third-order valence-corrected chi connectivity index (χ3v) is 8.36. The Morgan fingerprint density at radius 1 is 1.17 bits per heavy atom. The Hall–Kier alpha value is -5.08. The topological polar surface area (TPSA) is 159 Å². The minimum atomic E-state index is -2.10. The number of pyridine rings is 1. The Kier molecular flexibility index (Phi) is 8.79. The van der Waals surface area contributed by atoms with Crippen LogP contribution >= 0.6 is 11.6 Å². The van der Waals surface area contributed by atoms with Crippen molar-refractivity contribution in [1.82, 2.24) is 29.9 Å². The van der Waals surface area contributed by atoms with Crippen LogP contribution < -0.4 is 20.5 Å². The quantitative estimate of drug-likeness (QED) is 0.166. The van der Waals surface area contributed by atoms with Crippen molar-refractivity contribution in [3.8, 4) is 22.8 Å². The molecular formula is C33H32ClF2N7O5. The summed E-state index contributed by atoms with van der Waals surface area (Å²) in [7, 11) is 3.13. The third kappa shape index (κ3) is 6.28. The molecule has 0 spiro atoms. The number of primary amides is 1. The van der Waals surface area contributed by atoms with Gasteiger partial charge in [0.2, 0.25) is 5.91 Å². The molecule has 2 amide bonds. The highest BCUT2D eigenvalue weighted by Gasteiger charge is 2.38. The fourth-order valence-electron chi connectivity index (χ4n) is 5.53. The van der Waals surface area contributed by atoms with E-state index >= 15 is 4.39 Å². The molecule has 12 nitrogen and oxygen atoms in total. The van der Waals surface area contributed by atoms with Crippen LogP contribution in [-0.2, 0) is 23.9 Å². The van der Waals surface area contributed by atoms with E-state index in [1.165, 1.54) is 30.3 Å². The number of amides is 2. The van der Waals surface area contributed by atoms with Crippen molar-refractivity contribution in [1.29, 1.82) is 0 Å². The monoisotopic (exact) mass is 679 g/mol. The summed E-state index contributed by atoms with van der Waals surface area (Å²) in [4.78, 5) is 30.4. The number of methoxy groups -OCH3 is 1. The lowest BCUT2D eigenvalue weighted by atomic mass is 9.89. The number of aromatic nitrogens is 5. The number of halogens is 3. The fourth-order valence-corrected chi connectivity index (χ4v) is 5.69. The van der Waals surface area contributed by atoms with Crippen molar-refractivity contribution in [2.45, 2.75) is 37.8 Å². The van der Waals surface area contributed by atoms with Crippen LogP contribution in [0.15, 0.2) is 48.9 Å². The molecule has 3 aromatic heterocycles. The van der Waals surface area contributed by atoms with Crippen molar-refractivity contribution in [2.75, 3.05) is 20.3 Å². The van der Waals surface area contributed by atoms with Crippen molar-refractivity contribution in [3.63, 3.8) is 0 Å². The second-order valence-corrected chi connectivity index (χ2v) is 12.0. The second-order valence-electron chi connectivity index (χ2n) is 11.6. The average molecular weight is 680 g/mol. The molecule has 6 rings (SSSR count). The van der Waals surface area contributed by atoms with Gasteiger partial charge in [0.25, 0.3) is 5.91 Å². The molecule has 0 radical (unpaired) electrons. The van der Waals surface area contributed by atoms with E-state index in [1.54, 1.807) is 26.1 Å². The van der Waals surface area contributed by atoms with Gasteiger partial charge < -0.3 is 25.6 Å². The molecule has 2 aromatic carbocycles. The number of rotatable bonds is 12. The first-order chi connectivity index (χ1) is 22.9. The van der Waals surface area contributed by atoms with Crippen molar-refractivity contribution in [2.24, 2.45) is 12.8 Å². The molecule has 1 saturated carbocycles. The largest absolute Gasteiger partial charge is 0.494 e. The number of nitrogens with zero attached hydrogens (tertiary/aromatic N) is 5. The molecule has 5 aromatic rings.